The first-order chi connectivity index (χ1) is 11.6. The van der Waals surface area contributed by atoms with Gasteiger partial charge < -0.3 is 9.84 Å². The predicted octanol–water partition coefficient (Wildman–Crippen LogP) is 3.76. The van der Waals surface area contributed by atoms with E-state index in [1.165, 1.54) is 12.1 Å². The van der Waals surface area contributed by atoms with Crippen LogP contribution in [0.5, 0.6) is 0 Å². The summed E-state index contributed by atoms with van der Waals surface area (Å²) >= 11 is 0. The number of halogens is 1. The number of rotatable bonds is 5. The van der Waals surface area contributed by atoms with Gasteiger partial charge in [0, 0.05) is 24.1 Å². The number of nitrogens with one attached hydrogen (secondary N) is 1. The van der Waals surface area contributed by atoms with Gasteiger partial charge in [0.05, 0.1) is 0 Å². The average molecular weight is 325 g/mol. The van der Waals surface area contributed by atoms with E-state index in [9.17, 15) is 9.18 Å². The first kappa shape index (κ1) is 15.9. The molecule has 0 radical (unpaired) electrons. The van der Waals surface area contributed by atoms with Crippen molar-refractivity contribution in [2.75, 3.05) is 5.32 Å². The lowest BCUT2D eigenvalue weighted by Crippen LogP contribution is -2.13. The standard InChI is InChI=1S/C18H16FN3O2/c1-12-7-8-14(19)11-15(12)20-16(23)9-10-17-21-18(22-24-17)13-5-3-2-4-6-13/h2-8,11H,9-10H2,1H3,(H,20,23). The fraction of sp³-hybridized carbons (Fsp3) is 0.167. The summed E-state index contributed by atoms with van der Waals surface area (Å²) in [6.07, 6.45) is 0.492. The van der Waals surface area contributed by atoms with Gasteiger partial charge in [-0.25, -0.2) is 4.39 Å². The molecule has 0 aliphatic carbocycles. The van der Waals surface area contributed by atoms with Gasteiger partial charge in [0.25, 0.3) is 0 Å². The molecule has 3 aromatic rings. The number of aryl methyl sites for hydroxylation is 2. The number of amides is 1. The third-order valence-corrected chi connectivity index (χ3v) is 3.54. The SMILES string of the molecule is Cc1ccc(F)cc1NC(=O)CCc1nc(-c2ccccc2)no1. The van der Waals surface area contributed by atoms with Crippen LogP contribution in [0.1, 0.15) is 17.9 Å². The summed E-state index contributed by atoms with van der Waals surface area (Å²) in [5.74, 6) is 0.260. The Morgan fingerprint density at radius 2 is 2.00 bits per heavy atom. The molecule has 1 heterocycles. The Hall–Kier alpha value is -3.02. The van der Waals surface area contributed by atoms with Gasteiger partial charge in [-0.2, -0.15) is 4.98 Å². The van der Waals surface area contributed by atoms with Crippen molar-refractivity contribution >= 4 is 11.6 Å². The monoisotopic (exact) mass is 325 g/mol. The maximum absolute atomic E-state index is 13.2. The molecule has 0 unspecified atom stereocenters. The molecule has 0 saturated carbocycles. The van der Waals surface area contributed by atoms with E-state index in [1.807, 2.05) is 30.3 Å². The van der Waals surface area contributed by atoms with E-state index in [-0.39, 0.29) is 18.1 Å². The van der Waals surface area contributed by atoms with Gasteiger partial charge in [-0.1, -0.05) is 41.6 Å². The number of benzene rings is 2. The van der Waals surface area contributed by atoms with Gasteiger partial charge in [0.1, 0.15) is 5.82 Å². The zero-order valence-corrected chi connectivity index (χ0v) is 13.1. The number of nitrogens with zero attached hydrogens (tertiary/aromatic N) is 2. The molecule has 1 N–H and O–H groups in total. The number of hydrogen-bond donors (Lipinski definition) is 1. The van der Waals surface area contributed by atoms with Crippen LogP contribution in [0.2, 0.25) is 0 Å². The smallest absolute Gasteiger partial charge is 0.227 e. The molecule has 0 atom stereocenters. The van der Waals surface area contributed by atoms with Crippen LogP contribution in [0.4, 0.5) is 10.1 Å². The van der Waals surface area contributed by atoms with E-state index in [0.29, 0.717) is 23.8 Å². The lowest BCUT2D eigenvalue weighted by molar-refractivity contribution is -0.116. The fourth-order valence-electron chi connectivity index (χ4n) is 2.22. The Morgan fingerprint density at radius 3 is 2.79 bits per heavy atom. The highest BCUT2D eigenvalue weighted by Gasteiger charge is 2.11. The van der Waals surface area contributed by atoms with Gasteiger partial charge in [-0.15, -0.1) is 0 Å². The molecule has 6 heteroatoms. The number of carbonyl (C=O) groups excluding carboxylic acids is 1. The van der Waals surface area contributed by atoms with Crippen LogP contribution in [0.25, 0.3) is 11.4 Å². The molecular weight excluding hydrogens is 309 g/mol. The quantitative estimate of drug-likeness (QED) is 0.775. The van der Waals surface area contributed by atoms with Crippen molar-refractivity contribution in [2.24, 2.45) is 0 Å². The Labute approximate surface area is 138 Å². The predicted molar refractivity (Wildman–Crippen MR) is 87.8 cm³/mol. The van der Waals surface area contributed by atoms with Crippen molar-refractivity contribution in [3.8, 4) is 11.4 Å². The third-order valence-electron chi connectivity index (χ3n) is 3.54. The second-order valence-corrected chi connectivity index (χ2v) is 5.39. The molecule has 2 aromatic carbocycles. The largest absolute Gasteiger partial charge is 0.339 e. The first-order valence-corrected chi connectivity index (χ1v) is 7.56. The van der Waals surface area contributed by atoms with Crippen LogP contribution >= 0.6 is 0 Å². The Morgan fingerprint density at radius 1 is 1.21 bits per heavy atom. The van der Waals surface area contributed by atoms with Gasteiger partial charge in [0.2, 0.25) is 17.6 Å². The molecule has 24 heavy (non-hydrogen) atoms. The fourth-order valence-corrected chi connectivity index (χ4v) is 2.22. The van der Waals surface area contributed by atoms with Crippen molar-refractivity contribution in [3.05, 3.63) is 65.8 Å². The average Bonchev–Trinajstić information content (AvgIpc) is 3.06. The van der Waals surface area contributed by atoms with Crippen molar-refractivity contribution in [1.82, 2.24) is 10.1 Å². The topological polar surface area (TPSA) is 68.0 Å². The number of anilines is 1. The van der Waals surface area contributed by atoms with Crippen molar-refractivity contribution in [2.45, 2.75) is 19.8 Å². The second kappa shape index (κ2) is 7.04. The molecule has 0 saturated heterocycles. The lowest BCUT2D eigenvalue weighted by atomic mass is 10.2. The minimum Gasteiger partial charge on any atom is -0.339 e. The molecule has 3 rings (SSSR count). The molecule has 0 spiro atoms. The summed E-state index contributed by atoms with van der Waals surface area (Å²) in [5.41, 5.74) is 2.12. The van der Waals surface area contributed by atoms with E-state index >= 15 is 0 Å². The maximum Gasteiger partial charge on any atom is 0.227 e. The molecule has 0 aliphatic heterocycles. The third kappa shape index (κ3) is 3.84. The first-order valence-electron chi connectivity index (χ1n) is 7.56. The zero-order valence-electron chi connectivity index (χ0n) is 13.1. The van der Waals surface area contributed by atoms with E-state index < -0.39 is 0 Å². The molecule has 5 nitrogen and oxygen atoms in total. The number of aromatic nitrogens is 2. The number of carbonyl (C=O) groups is 1. The Balaban J connectivity index is 1.59. The van der Waals surface area contributed by atoms with E-state index in [2.05, 4.69) is 15.5 Å². The number of hydrogen-bond acceptors (Lipinski definition) is 4. The Bertz CT molecular complexity index is 846. The van der Waals surface area contributed by atoms with Crippen molar-refractivity contribution in [3.63, 3.8) is 0 Å². The summed E-state index contributed by atoms with van der Waals surface area (Å²) in [7, 11) is 0. The van der Waals surface area contributed by atoms with Crippen LogP contribution in [0.15, 0.2) is 53.1 Å². The normalized spacial score (nSPS) is 10.6. The Kier molecular flexibility index (Phi) is 4.65. The van der Waals surface area contributed by atoms with Gasteiger partial charge in [-0.3, -0.25) is 4.79 Å². The summed E-state index contributed by atoms with van der Waals surface area (Å²) in [6, 6.07) is 13.7. The van der Waals surface area contributed by atoms with Crippen LogP contribution < -0.4 is 5.32 Å². The molecule has 0 aliphatic rings. The molecule has 1 amide bonds. The summed E-state index contributed by atoms with van der Waals surface area (Å²) in [6.45, 7) is 1.80. The highest BCUT2D eigenvalue weighted by atomic mass is 19.1. The highest BCUT2D eigenvalue weighted by Crippen LogP contribution is 2.17. The molecule has 0 fully saturated rings. The summed E-state index contributed by atoms with van der Waals surface area (Å²) in [4.78, 5) is 16.3. The second-order valence-electron chi connectivity index (χ2n) is 5.39. The van der Waals surface area contributed by atoms with Crippen LogP contribution in [0.3, 0.4) is 0 Å². The van der Waals surface area contributed by atoms with E-state index in [0.717, 1.165) is 11.1 Å². The van der Waals surface area contributed by atoms with Crippen molar-refractivity contribution in [1.29, 1.82) is 0 Å². The molecule has 122 valence electrons. The minimum absolute atomic E-state index is 0.173. The summed E-state index contributed by atoms with van der Waals surface area (Å²) < 4.78 is 18.4. The van der Waals surface area contributed by atoms with Gasteiger partial charge in [0.15, 0.2) is 0 Å². The van der Waals surface area contributed by atoms with Crippen LogP contribution in [-0.2, 0) is 11.2 Å². The van der Waals surface area contributed by atoms with E-state index in [4.69, 9.17) is 4.52 Å². The maximum atomic E-state index is 13.2. The molecule has 0 bridgehead atoms. The molecular formula is C18H16FN3O2. The van der Waals surface area contributed by atoms with Crippen LogP contribution in [0, 0.1) is 12.7 Å². The minimum atomic E-state index is -0.389. The highest BCUT2D eigenvalue weighted by molar-refractivity contribution is 5.91. The van der Waals surface area contributed by atoms with Crippen LogP contribution in [-0.4, -0.2) is 16.0 Å². The summed E-state index contributed by atoms with van der Waals surface area (Å²) in [5, 5.41) is 6.60. The van der Waals surface area contributed by atoms with E-state index in [1.54, 1.807) is 13.0 Å². The van der Waals surface area contributed by atoms with Gasteiger partial charge in [-0.05, 0) is 24.6 Å². The lowest BCUT2D eigenvalue weighted by Gasteiger charge is -2.07. The molecule has 1 aromatic heterocycles. The zero-order chi connectivity index (χ0) is 16.9. The van der Waals surface area contributed by atoms with Crippen molar-refractivity contribution < 1.29 is 13.7 Å². The van der Waals surface area contributed by atoms with Gasteiger partial charge >= 0.3 is 0 Å².